The molecule has 0 aliphatic rings. The molecule has 1 aromatic heterocycles. The van der Waals surface area contributed by atoms with E-state index in [-0.39, 0.29) is 0 Å². The Morgan fingerprint density at radius 3 is 2.81 bits per heavy atom. The van der Waals surface area contributed by atoms with Gasteiger partial charge >= 0.3 is 0 Å². The van der Waals surface area contributed by atoms with Crippen molar-refractivity contribution in [2.75, 3.05) is 5.75 Å². The molecule has 1 aromatic carbocycles. The van der Waals surface area contributed by atoms with E-state index in [9.17, 15) is 0 Å². The van der Waals surface area contributed by atoms with Gasteiger partial charge in [-0.15, -0.1) is 5.10 Å². The largest absolute Gasteiger partial charge is 0.220 e. The van der Waals surface area contributed by atoms with Crippen LogP contribution in [-0.4, -0.2) is 20.5 Å². The topological polar surface area (TPSA) is 30.7 Å². The Hall–Kier alpha value is -1.55. The molecule has 0 unspecified atom stereocenters. The van der Waals surface area contributed by atoms with Crippen LogP contribution in [0, 0.1) is 0 Å². The minimum absolute atomic E-state index is 0.784. The molecule has 0 aliphatic heterocycles. The van der Waals surface area contributed by atoms with Crippen LogP contribution < -0.4 is 0 Å². The van der Waals surface area contributed by atoms with E-state index in [2.05, 4.69) is 16.7 Å². The second-order valence-electron chi connectivity index (χ2n) is 3.55. The van der Waals surface area contributed by atoms with Crippen LogP contribution >= 0.6 is 11.8 Å². The van der Waals surface area contributed by atoms with Gasteiger partial charge in [0.25, 0.3) is 0 Å². The van der Waals surface area contributed by atoms with Gasteiger partial charge in [-0.1, -0.05) is 42.1 Å². The van der Waals surface area contributed by atoms with Crippen LogP contribution in [0.1, 0.15) is 6.92 Å². The predicted octanol–water partition coefficient (Wildman–Crippen LogP) is 2.94. The molecule has 0 atom stereocenters. The molecule has 0 saturated carbocycles. The van der Waals surface area contributed by atoms with Crippen molar-refractivity contribution in [2.24, 2.45) is 0 Å². The molecular formula is C12H13N3S. The molecule has 4 heteroatoms. The van der Waals surface area contributed by atoms with Crippen LogP contribution in [0.3, 0.4) is 0 Å². The van der Waals surface area contributed by atoms with Crippen molar-refractivity contribution in [3.63, 3.8) is 0 Å². The summed E-state index contributed by atoms with van der Waals surface area (Å²) in [7, 11) is 0. The number of thioether (sulfide) groups is 1. The van der Waals surface area contributed by atoms with Crippen molar-refractivity contribution in [2.45, 2.75) is 12.1 Å². The molecule has 16 heavy (non-hydrogen) atoms. The lowest BCUT2D eigenvalue weighted by Crippen LogP contribution is -1.93. The molecule has 3 nitrogen and oxygen atoms in total. The summed E-state index contributed by atoms with van der Waals surface area (Å²) < 4.78 is 1.78. The quantitative estimate of drug-likeness (QED) is 0.598. The molecule has 0 spiro atoms. The fourth-order valence-electron chi connectivity index (χ4n) is 1.21. The van der Waals surface area contributed by atoms with Gasteiger partial charge in [-0.25, -0.2) is 9.67 Å². The van der Waals surface area contributed by atoms with Gasteiger partial charge in [-0.05, 0) is 19.1 Å². The van der Waals surface area contributed by atoms with Crippen molar-refractivity contribution >= 4 is 11.8 Å². The van der Waals surface area contributed by atoms with Gasteiger partial charge in [-0.2, -0.15) is 0 Å². The summed E-state index contributed by atoms with van der Waals surface area (Å²) in [4.78, 5) is 4.24. The summed E-state index contributed by atoms with van der Waals surface area (Å²) in [5.41, 5.74) is 2.15. The highest BCUT2D eigenvalue weighted by atomic mass is 32.2. The van der Waals surface area contributed by atoms with Gasteiger partial charge in [0.05, 0.1) is 5.69 Å². The fourth-order valence-corrected chi connectivity index (χ4v) is 1.85. The average Bonchev–Trinajstić information content (AvgIpc) is 2.76. The van der Waals surface area contributed by atoms with Gasteiger partial charge in [0.2, 0.25) is 5.16 Å². The third kappa shape index (κ3) is 2.73. The molecule has 1 heterocycles. The minimum Gasteiger partial charge on any atom is -0.220 e. The summed E-state index contributed by atoms with van der Waals surface area (Å²) in [6, 6.07) is 9.95. The number of aromatic nitrogens is 3. The molecule has 0 amide bonds. The van der Waals surface area contributed by atoms with Gasteiger partial charge < -0.3 is 0 Å². The van der Waals surface area contributed by atoms with E-state index in [4.69, 9.17) is 0 Å². The van der Waals surface area contributed by atoms with Crippen molar-refractivity contribution in [1.29, 1.82) is 0 Å². The first-order valence-corrected chi connectivity index (χ1v) is 5.98. The Morgan fingerprint density at radius 2 is 2.12 bits per heavy atom. The summed E-state index contributed by atoms with van der Waals surface area (Å²) >= 11 is 1.60. The minimum atomic E-state index is 0.784. The molecule has 0 N–H and O–H groups in total. The van der Waals surface area contributed by atoms with Gasteiger partial charge in [0.1, 0.15) is 6.33 Å². The van der Waals surface area contributed by atoms with Crippen molar-refractivity contribution in [3.8, 4) is 5.69 Å². The number of hydrogen-bond acceptors (Lipinski definition) is 3. The lowest BCUT2D eigenvalue weighted by molar-refractivity contribution is 0.835. The average molecular weight is 231 g/mol. The number of hydrogen-bond donors (Lipinski definition) is 0. The van der Waals surface area contributed by atoms with Crippen LogP contribution in [-0.2, 0) is 0 Å². The zero-order valence-electron chi connectivity index (χ0n) is 9.13. The maximum atomic E-state index is 4.38. The monoisotopic (exact) mass is 231 g/mol. The van der Waals surface area contributed by atoms with Crippen molar-refractivity contribution in [3.05, 3.63) is 48.8 Å². The van der Waals surface area contributed by atoms with Crippen LogP contribution in [0.5, 0.6) is 0 Å². The van der Waals surface area contributed by atoms with E-state index in [1.54, 1.807) is 22.8 Å². The highest BCUT2D eigenvalue weighted by molar-refractivity contribution is 7.99. The summed E-state index contributed by atoms with van der Waals surface area (Å²) in [5, 5.41) is 5.16. The van der Waals surface area contributed by atoms with Gasteiger partial charge in [-0.3, -0.25) is 0 Å². The first kappa shape index (κ1) is 11.0. The van der Waals surface area contributed by atoms with Crippen LogP contribution in [0.15, 0.2) is 54.0 Å². The molecule has 0 radical (unpaired) electrons. The Kier molecular flexibility index (Phi) is 3.41. The first-order valence-electron chi connectivity index (χ1n) is 5.00. The molecule has 0 saturated heterocycles. The van der Waals surface area contributed by atoms with Crippen LogP contribution in [0.2, 0.25) is 0 Å². The molecule has 2 rings (SSSR count). The normalized spacial score (nSPS) is 10.3. The molecule has 0 bridgehead atoms. The van der Waals surface area contributed by atoms with E-state index >= 15 is 0 Å². The Morgan fingerprint density at radius 1 is 1.38 bits per heavy atom. The van der Waals surface area contributed by atoms with Gasteiger partial charge in [0.15, 0.2) is 0 Å². The smallest absolute Gasteiger partial charge is 0.209 e. The van der Waals surface area contributed by atoms with Crippen molar-refractivity contribution < 1.29 is 0 Å². The van der Waals surface area contributed by atoms with Crippen LogP contribution in [0.4, 0.5) is 0 Å². The van der Waals surface area contributed by atoms with E-state index in [1.165, 1.54) is 0 Å². The SMILES string of the molecule is C=C(C)CSc1ncn(-c2ccccc2)n1. The molecule has 82 valence electrons. The summed E-state index contributed by atoms with van der Waals surface area (Å²) in [5.74, 6) is 0.860. The maximum absolute atomic E-state index is 4.38. The molecule has 0 aliphatic carbocycles. The number of rotatable bonds is 4. The maximum Gasteiger partial charge on any atom is 0.209 e. The van der Waals surface area contributed by atoms with E-state index in [0.717, 1.165) is 22.2 Å². The lowest BCUT2D eigenvalue weighted by atomic mass is 10.3. The molecular weight excluding hydrogens is 218 g/mol. The Bertz CT molecular complexity index is 476. The molecule has 2 aromatic rings. The number of para-hydroxylation sites is 1. The number of benzene rings is 1. The zero-order chi connectivity index (χ0) is 11.4. The Balaban J connectivity index is 2.11. The van der Waals surface area contributed by atoms with E-state index in [1.807, 2.05) is 37.3 Å². The highest BCUT2D eigenvalue weighted by Gasteiger charge is 2.02. The Labute approximate surface area is 99.2 Å². The van der Waals surface area contributed by atoms with E-state index < -0.39 is 0 Å². The standard InChI is InChI=1S/C12H13N3S/c1-10(2)8-16-12-13-9-15(14-12)11-6-4-3-5-7-11/h3-7,9H,1,8H2,2H3. The zero-order valence-corrected chi connectivity index (χ0v) is 9.94. The van der Waals surface area contributed by atoms with Crippen LogP contribution in [0.25, 0.3) is 5.69 Å². The highest BCUT2D eigenvalue weighted by Crippen LogP contribution is 2.16. The first-order chi connectivity index (χ1) is 7.75. The second-order valence-corrected chi connectivity index (χ2v) is 4.50. The molecule has 0 fully saturated rings. The van der Waals surface area contributed by atoms with Crippen molar-refractivity contribution in [1.82, 2.24) is 14.8 Å². The third-order valence-electron chi connectivity index (χ3n) is 1.94. The third-order valence-corrected chi connectivity index (χ3v) is 3.02. The predicted molar refractivity (Wildman–Crippen MR) is 66.9 cm³/mol. The summed E-state index contributed by atoms with van der Waals surface area (Å²) in [6.07, 6.45) is 1.73. The summed E-state index contributed by atoms with van der Waals surface area (Å²) in [6.45, 7) is 5.85. The second kappa shape index (κ2) is 4.99. The number of nitrogens with zero attached hydrogens (tertiary/aromatic N) is 3. The van der Waals surface area contributed by atoms with E-state index in [0.29, 0.717) is 0 Å². The van der Waals surface area contributed by atoms with Gasteiger partial charge in [0, 0.05) is 5.75 Å². The fraction of sp³-hybridized carbons (Fsp3) is 0.167. The lowest BCUT2D eigenvalue weighted by Gasteiger charge is -1.98.